The Balaban J connectivity index is 1.97. The van der Waals surface area contributed by atoms with E-state index in [2.05, 4.69) is 21.3 Å². The fourth-order valence-electron chi connectivity index (χ4n) is 2.55. The minimum Gasteiger partial charge on any atom is -0.275 e. The van der Waals surface area contributed by atoms with Crippen molar-refractivity contribution in [2.45, 2.75) is 0 Å². The molecule has 2 aromatic heterocycles. The van der Waals surface area contributed by atoms with Crippen molar-refractivity contribution >= 4 is 21.8 Å². The lowest BCUT2D eigenvalue weighted by Gasteiger charge is -2.02. The number of para-hydroxylation sites is 1. The maximum atomic E-state index is 13.4. The first kappa shape index (κ1) is 12.5. The Morgan fingerprint density at radius 1 is 1.09 bits per heavy atom. The summed E-state index contributed by atoms with van der Waals surface area (Å²) in [7, 11) is 0. The molecule has 4 rings (SSSR count). The van der Waals surface area contributed by atoms with Crippen molar-refractivity contribution in [3.63, 3.8) is 0 Å². The summed E-state index contributed by atoms with van der Waals surface area (Å²) in [5.41, 5.74) is 3.08. The van der Waals surface area contributed by atoms with Crippen molar-refractivity contribution in [1.82, 2.24) is 15.2 Å². The lowest BCUT2D eigenvalue weighted by atomic mass is 10.1. The standard InChI is InChI=1S/C17H9FN4/c18-12-6-4-10-5-7-14(20-15(10)8-12)17-13-3-1-2-11(9-19)16(13)21-22-17/h1-8H,(H,21,22). The molecule has 104 valence electrons. The number of rotatable bonds is 1. The highest BCUT2D eigenvalue weighted by Crippen LogP contribution is 2.28. The Bertz CT molecular complexity index is 1060. The summed E-state index contributed by atoms with van der Waals surface area (Å²) >= 11 is 0. The molecule has 0 amide bonds. The van der Waals surface area contributed by atoms with Gasteiger partial charge in [-0.25, -0.2) is 9.37 Å². The first-order valence-electron chi connectivity index (χ1n) is 6.70. The van der Waals surface area contributed by atoms with Crippen LogP contribution in [-0.2, 0) is 0 Å². The van der Waals surface area contributed by atoms with Crippen LogP contribution in [0.3, 0.4) is 0 Å². The number of fused-ring (bicyclic) bond motifs is 2. The molecular weight excluding hydrogens is 279 g/mol. The SMILES string of the molecule is N#Cc1cccc2c(-c3ccc4ccc(F)cc4n3)[nH]nc12. The molecule has 0 bridgehead atoms. The molecule has 4 aromatic rings. The molecule has 0 aliphatic heterocycles. The zero-order valence-corrected chi connectivity index (χ0v) is 11.3. The second-order valence-electron chi connectivity index (χ2n) is 4.95. The molecule has 1 N–H and O–H groups in total. The van der Waals surface area contributed by atoms with Gasteiger partial charge in [0.1, 0.15) is 17.4 Å². The van der Waals surface area contributed by atoms with Crippen LogP contribution in [0.15, 0.2) is 48.5 Å². The second-order valence-corrected chi connectivity index (χ2v) is 4.95. The van der Waals surface area contributed by atoms with Gasteiger partial charge in [0.2, 0.25) is 0 Å². The summed E-state index contributed by atoms with van der Waals surface area (Å²) in [6.45, 7) is 0. The van der Waals surface area contributed by atoms with Crippen molar-refractivity contribution in [2.24, 2.45) is 0 Å². The number of nitriles is 1. The third-order valence-electron chi connectivity index (χ3n) is 3.62. The Morgan fingerprint density at radius 2 is 1.95 bits per heavy atom. The summed E-state index contributed by atoms with van der Waals surface area (Å²) in [6, 6.07) is 15.8. The average molecular weight is 288 g/mol. The van der Waals surface area contributed by atoms with Gasteiger partial charge in [-0.1, -0.05) is 18.2 Å². The van der Waals surface area contributed by atoms with Crippen LogP contribution in [0.25, 0.3) is 33.2 Å². The van der Waals surface area contributed by atoms with Crippen LogP contribution in [0.2, 0.25) is 0 Å². The molecule has 0 spiro atoms. The van der Waals surface area contributed by atoms with Crippen LogP contribution < -0.4 is 0 Å². The number of H-pyrrole nitrogens is 1. The first-order valence-corrected chi connectivity index (χ1v) is 6.70. The molecule has 0 aliphatic rings. The summed E-state index contributed by atoms with van der Waals surface area (Å²) in [5.74, 6) is -0.321. The van der Waals surface area contributed by atoms with Crippen molar-refractivity contribution in [3.05, 3.63) is 59.9 Å². The normalized spacial score (nSPS) is 10.9. The van der Waals surface area contributed by atoms with Gasteiger partial charge in [-0.3, -0.25) is 5.10 Å². The number of aromatic nitrogens is 3. The Hall–Kier alpha value is -3.26. The van der Waals surface area contributed by atoms with Crippen molar-refractivity contribution < 1.29 is 4.39 Å². The summed E-state index contributed by atoms with van der Waals surface area (Å²) in [4.78, 5) is 4.49. The maximum Gasteiger partial charge on any atom is 0.125 e. The van der Waals surface area contributed by atoms with E-state index in [0.717, 1.165) is 16.5 Å². The van der Waals surface area contributed by atoms with Crippen LogP contribution in [0.4, 0.5) is 4.39 Å². The van der Waals surface area contributed by atoms with E-state index < -0.39 is 0 Å². The Morgan fingerprint density at radius 3 is 2.82 bits per heavy atom. The predicted octanol–water partition coefficient (Wildman–Crippen LogP) is 3.79. The summed E-state index contributed by atoms with van der Waals surface area (Å²) < 4.78 is 13.4. The fourth-order valence-corrected chi connectivity index (χ4v) is 2.55. The van der Waals surface area contributed by atoms with Crippen molar-refractivity contribution in [1.29, 1.82) is 5.26 Å². The van der Waals surface area contributed by atoms with Gasteiger partial charge in [0.05, 0.1) is 22.5 Å². The van der Waals surface area contributed by atoms with E-state index >= 15 is 0 Å². The van der Waals surface area contributed by atoms with Crippen LogP contribution in [0, 0.1) is 17.1 Å². The van der Waals surface area contributed by atoms with Gasteiger partial charge in [-0.05, 0) is 24.3 Å². The number of benzene rings is 2. The van der Waals surface area contributed by atoms with Crippen LogP contribution in [-0.4, -0.2) is 15.2 Å². The van der Waals surface area contributed by atoms with Gasteiger partial charge in [-0.15, -0.1) is 0 Å². The molecule has 0 unspecified atom stereocenters. The minimum absolute atomic E-state index is 0.321. The number of nitrogens with one attached hydrogen (secondary N) is 1. The van der Waals surface area contributed by atoms with Gasteiger partial charge in [0, 0.05) is 16.8 Å². The predicted molar refractivity (Wildman–Crippen MR) is 81.5 cm³/mol. The third kappa shape index (κ3) is 1.82. The molecular formula is C17H9FN4. The molecule has 22 heavy (non-hydrogen) atoms. The van der Waals surface area contributed by atoms with E-state index in [1.165, 1.54) is 12.1 Å². The highest BCUT2D eigenvalue weighted by Gasteiger charge is 2.12. The average Bonchev–Trinajstić information content (AvgIpc) is 2.98. The highest BCUT2D eigenvalue weighted by molar-refractivity contribution is 5.96. The van der Waals surface area contributed by atoms with Crippen LogP contribution in [0.5, 0.6) is 0 Å². The fraction of sp³-hybridized carbons (Fsp3) is 0. The number of aromatic amines is 1. The molecule has 0 fully saturated rings. The minimum atomic E-state index is -0.321. The number of pyridine rings is 1. The molecule has 2 aromatic carbocycles. The smallest absolute Gasteiger partial charge is 0.125 e. The maximum absolute atomic E-state index is 13.4. The molecule has 2 heterocycles. The van der Waals surface area contributed by atoms with Gasteiger partial charge < -0.3 is 0 Å². The molecule has 0 atom stereocenters. The third-order valence-corrected chi connectivity index (χ3v) is 3.62. The van der Waals surface area contributed by atoms with Gasteiger partial charge in [-0.2, -0.15) is 10.4 Å². The van der Waals surface area contributed by atoms with Gasteiger partial charge in [0.25, 0.3) is 0 Å². The Kier molecular flexibility index (Phi) is 2.63. The molecule has 5 heteroatoms. The van der Waals surface area contributed by atoms with E-state index in [-0.39, 0.29) is 5.82 Å². The van der Waals surface area contributed by atoms with Crippen LogP contribution >= 0.6 is 0 Å². The zero-order chi connectivity index (χ0) is 15.1. The van der Waals surface area contributed by atoms with E-state index in [1.54, 1.807) is 18.2 Å². The first-order chi connectivity index (χ1) is 10.8. The number of nitrogens with zero attached hydrogens (tertiary/aromatic N) is 3. The van der Waals surface area contributed by atoms with E-state index in [4.69, 9.17) is 5.26 Å². The van der Waals surface area contributed by atoms with E-state index in [9.17, 15) is 4.39 Å². The molecule has 0 saturated heterocycles. The number of hydrogen-bond donors (Lipinski definition) is 1. The van der Waals surface area contributed by atoms with Crippen molar-refractivity contribution in [3.8, 4) is 17.5 Å². The van der Waals surface area contributed by atoms with E-state index in [0.29, 0.717) is 22.3 Å². The zero-order valence-electron chi connectivity index (χ0n) is 11.3. The molecule has 4 nitrogen and oxygen atoms in total. The molecule has 0 radical (unpaired) electrons. The second kappa shape index (κ2) is 4.64. The topological polar surface area (TPSA) is 65.4 Å². The summed E-state index contributed by atoms with van der Waals surface area (Å²) in [6.07, 6.45) is 0. The highest BCUT2D eigenvalue weighted by atomic mass is 19.1. The summed E-state index contributed by atoms with van der Waals surface area (Å²) in [5, 5.41) is 17.9. The van der Waals surface area contributed by atoms with Gasteiger partial charge >= 0.3 is 0 Å². The number of halogens is 1. The van der Waals surface area contributed by atoms with Crippen molar-refractivity contribution in [2.75, 3.05) is 0 Å². The Labute approximate surface area is 124 Å². The molecule has 0 saturated carbocycles. The quantitative estimate of drug-likeness (QED) is 0.579. The lowest BCUT2D eigenvalue weighted by Crippen LogP contribution is -1.87. The van der Waals surface area contributed by atoms with E-state index in [1.807, 2.05) is 18.2 Å². The monoisotopic (exact) mass is 288 g/mol. The van der Waals surface area contributed by atoms with Crippen LogP contribution in [0.1, 0.15) is 5.56 Å². The lowest BCUT2D eigenvalue weighted by molar-refractivity contribution is 0.629. The largest absolute Gasteiger partial charge is 0.275 e. The number of hydrogen-bond acceptors (Lipinski definition) is 3. The van der Waals surface area contributed by atoms with Gasteiger partial charge in [0.15, 0.2) is 0 Å². The molecule has 0 aliphatic carbocycles.